The number of cyclic esters (lactones) is 1. The van der Waals surface area contributed by atoms with Crippen molar-refractivity contribution in [2.45, 2.75) is 91.0 Å². The highest BCUT2D eigenvalue weighted by molar-refractivity contribution is 5.76. The van der Waals surface area contributed by atoms with Crippen LogP contribution in [0, 0.1) is 50.7 Å². The SMILES string of the molecule is C/C(=C/[C@H]1C[C@H]([C@H]2CC[C@]34C[C@@]23C=C[C@@H]2[C@@]3(C)CC=C5C[C@@H](c6ccccc6)OC[C@]5(C)[C@@H]3C[C@@H](O)[C@]24C)C(=O)O1)CO. The lowest BCUT2D eigenvalue weighted by Crippen LogP contribution is -2.64. The third-order valence-electron chi connectivity index (χ3n) is 14.5. The second-order valence-electron chi connectivity index (χ2n) is 16.1. The van der Waals surface area contributed by atoms with Crippen LogP contribution >= 0.6 is 0 Å². The Labute approximate surface area is 256 Å². The van der Waals surface area contributed by atoms with Crippen LogP contribution in [0.4, 0.5) is 0 Å². The average molecular weight is 585 g/mol. The normalized spacial score (nSPS) is 51.4. The lowest BCUT2D eigenvalue weighted by Gasteiger charge is -2.67. The number of fused-ring (bicyclic) bond motifs is 5. The molecule has 7 aliphatic rings. The largest absolute Gasteiger partial charge is 0.458 e. The molecule has 2 aliphatic heterocycles. The maximum absolute atomic E-state index is 13.2. The van der Waals surface area contributed by atoms with E-state index in [9.17, 15) is 15.0 Å². The van der Waals surface area contributed by atoms with Crippen molar-refractivity contribution < 1.29 is 24.5 Å². The first kappa shape index (κ1) is 28.3. The molecule has 0 amide bonds. The Morgan fingerprint density at radius 1 is 1.14 bits per heavy atom. The fourth-order valence-corrected chi connectivity index (χ4v) is 12.3. The smallest absolute Gasteiger partial charge is 0.309 e. The van der Waals surface area contributed by atoms with Crippen LogP contribution in [0.3, 0.4) is 0 Å². The van der Waals surface area contributed by atoms with E-state index in [1.165, 1.54) is 11.1 Å². The number of hydrogen-bond donors (Lipinski definition) is 2. The quantitative estimate of drug-likeness (QED) is 0.304. The van der Waals surface area contributed by atoms with E-state index in [0.29, 0.717) is 18.9 Å². The maximum Gasteiger partial charge on any atom is 0.309 e. The molecule has 8 rings (SSSR count). The van der Waals surface area contributed by atoms with E-state index < -0.39 is 0 Å². The lowest BCUT2D eigenvalue weighted by molar-refractivity contribution is -0.199. The number of carbonyl (C=O) groups excluding carboxylic acids is 1. The van der Waals surface area contributed by atoms with Gasteiger partial charge in [0, 0.05) is 17.3 Å². The summed E-state index contributed by atoms with van der Waals surface area (Å²) in [5.41, 5.74) is 3.38. The van der Waals surface area contributed by atoms with Gasteiger partial charge >= 0.3 is 5.97 Å². The molecule has 5 nitrogen and oxygen atoms in total. The van der Waals surface area contributed by atoms with Crippen LogP contribution in [0.2, 0.25) is 0 Å². The Kier molecular flexibility index (Phi) is 6.03. The maximum atomic E-state index is 13.2. The molecule has 1 aromatic rings. The van der Waals surface area contributed by atoms with E-state index in [4.69, 9.17) is 9.47 Å². The van der Waals surface area contributed by atoms with E-state index in [-0.39, 0.29) is 75.7 Å². The number of hydrogen-bond acceptors (Lipinski definition) is 5. The van der Waals surface area contributed by atoms with Crippen LogP contribution in [-0.4, -0.2) is 41.6 Å². The summed E-state index contributed by atoms with van der Waals surface area (Å²) in [5.74, 6) is 0.706. The summed E-state index contributed by atoms with van der Waals surface area (Å²) >= 11 is 0. The summed E-state index contributed by atoms with van der Waals surface area (Å²) in [4.78, 5) is 13.2. The minimum atomic E-state index is -0.386. The zero-order chi connectivity index (χ0) is 30.0. The highest BCUT2D eigenvalue weighted by Gasteiger charge is 2.84. The van der Waals surface area contributed by atoms with Crippen LogP contribution in [-0.2, 0) is 14.3 Å². The molecule has 2 N–H and O–H groups in total. The summed E-state index contributed by atoms with van der Waals surface area (Å²) < 4.78 is 12.5. The molecule has 0 spiro atoms. The molecular formula is C38H48O5. The third kappa shape index (κ3) is 3.48. The molecule has 0 unspecified atom stereocenters. The van der Waals surface area contributed by atoms with E-state index >= 15 is 0 Å². The molecule has 230 valence electrons. The van der Waals surface area contributed by atoms with Crippen molar-refractivity contribution in [1.29, 1.82) is 0 Å². The first-order chi connectivity index (χ1) is 20.5. The lowest BCUT2D eigenvalue weighted by atomic mass is 9.38. The molecule has 12 atom stereocenters. The van der Waals surface area contributed by atoms with Crippen LogP contribution in [0.1, 0.15) is 84.3 Å². The predicted octanol–water partition coefficient (Wildman–Crippen LogP) is 6.72. The molecule has 2 saturated heterocycles. The molecule has 2 heterocycles. The third-order valence-corrected chi connectivity index (χ3v) is 14.5. The minimum Gasteiger partial charge on any atom is -0.458 e. The van der Waals surface area contributed by atoms with Crippen molar-refractivity contribution in [3.63, 3.8) is 0 Å². The van der Waals surface area contributed by atoms with E-state index in [1.54, 1.807) is 0 Å². The second-order valence-corrected chi connectivity index (χ2v) is 16.1. The predicted molar refractivity (Wildman–Crippen MR) is 165 cm³/mol. The van der Waals surface area contributed by atoms with Gasteiger partial charge in [-0.05, 0) is 96.7 Å². The van der Waals surface area contributed by atoms with Gasteiger partial charge in [0.1, 0.15) is 6.10 Å². The summed E-state index contributed by atoms with van der Waals surface area (Å²) in [6.45, 7) is 9.90. The number of aliphatic hydroxyl groups excluding tert-OH is 2. The fraction of sp³-hybridized carbons (Fsp3) is 0.658. The zero-order valence-electron chi connectivity index (χ0n) is 26.2. The van der Waals surface area contributed by atoms with Crippen molar-refractivity contribution in [2.24, 2.45) is 50.7 Å². The monoisotopic (exact) mass is 584 g/mol. The Balaban J connectivity index is 1.11. The van der Waals surface area contributed by atoms with Gasteiger partial charge < -0.3 is 19.7 Å². The molecule has 3 saturated carbocycles. The van der Waals surface area contributed by atoms with Gasteiger partial charge in [-0.25, -0.2) is 0 Å². The van der Waals surface area contributed by atoms with Gasteiger partial charge in [-0.3, -0.25) is 4.79 Å². The van der Waals surface area contributed by atoms with Gasteiger partial charge in [-0.1, -0.05) is 74.9 Å². The average Bonchev–Trinajstić information content (AvgIpc) is 3.39. The molecule has 5 heteroatoms. The van der Waals surface area contributed by atoms with Gasteiger partial charge in [-0.15, -0.1) is 0 Å². The Morgan fingerprint density at radius 2 is 1.93 bits per heavy atom. The molecule has 0 radical (unpaired) electrons. The van der Waals surface area contributed by atoms with Gasteiger partial charge in [0.2, 0.25) is 0 Å². The number of allylic oxidation sites excluding steroid dienone is 3. The van der Waals surface area contributed by atoms with Gasteiger partial charge in [0.25, 0.3) is 0 Å². The molecule has 5 aliphatic carbocycles. The van der Waals surface area contributed by atoms with Crippen molar-refractivity contribution in [3.05, 3.63) is 71.3 Å². The number of esters is 1. The first-order valence-electron chi connectivity index (χ1n) is 16.7. The highest BCUT2D eigenvalue weighted by Crippen LogP contribution is 2.89. The number of aliphatic hydroxyl groups is 2. The number of ether oxygens (including phenoxy) is 2. The summed E-state index contributed by atoms with van der Waals surface area (Å²) in [6, 6.07) is 10.6. The molecule has 1 aromatic carbocycles. The standard InChI is InChI=1S/C38H48O5/c1-23(20-39)16-26-18-27(33(41)43-26)28-11-15-38-21-37(28,38)14-12-30-34(2)13-10-25-17-29(24-8-6-5-7-9-24)42-22-35(25,3)31(34)19-32(40)36(30,38)4/h5-10,12,14,16,26-32,39-40H,11,13,15,17-22H2,1-4H3/b23-16-/t26-,27+,28+,29-,30+,31+,32+,34+,35-,36-,37-,38+/m0/s1. The van der Waals surface area contributed by atoms with Gasteiger partial charge in [0.05, 0.1) is 31.3 Å². The van der Waals surface area contributed by atoms with Gasteiger partial charge in [0.15, 0.2) is 0 Å². The van der Waals surface area contributed by atoms with Crippen LogP contribution < -0.4 is 0 Å². The molecule has 5 fully saturated rings. The summed E-state index contributed by atoms with van der Waals surface area (Å²) in [5, 5.41) is 21.8. The van der Waals surface area contributed by atoms with E-state index in [2.05, 4.69) is 69.3 Å². The first-order valence-corrected chi connectivity index (χ1v) is 16.7. The summed E-state index contributed by atoms with van der Waals surface area (Å²) in [6.07, 6.45) is 15.6. The van der Waals surface area contributed by atoms with Gasteiger partial charge in [-0.2, -0.15) is 0 Å². The van der Waals surface area contributed by atoms with Crippen molar-refractivity contribution in [2.75, 3.05) is 13.2 Å². The molecular weight excluding hydrogens is 536 g/mol. The topological polar surface area (TPSA) is 76.0 Å². The van der Waals surface area contributed by atoms with E-state index in [0.717, 1.165) is 44.1 Å². The Morgan fingerprint density at radius 3 is 2.70 bits per heavy atom. The number of carbonyl (C=O) groups is 1. The number of rotatable bonds is 4. The van der Waals surface area contributed by atoms with Crippen molar-refractivity contribution in [3.8, 4) is 0 Å². The second kappa shape index (κ2) is 9.17. The Bertz CT molecular complexity index is 1430. The Hall–Kier alpha value is -2.21. The fourth-order valence-electron chi connectivity index (χ4n) is 12.3. The molecule has 0 aromatic heterocycles. The van der Waals surface area contributed by atoms with Crippen LogP contribution in [0.5, 0.6) is 0 Å². The van der Waals surface area contributed by atoms with Crippen molar-refractivity contribution in [1.82, 2.24) is 0 Å². The van der Waals surface area contributed by atoms with E-state index in [1.807, 2.05) is 13.0 Å². The number of benzene rings is 1. The molecule has 43 heavy (non-hydrogen) atoms. The van der Waals surface area contributed by atoms with Crippen LogP contribution in [0.15, 0.2) is 65.8 Å². The summed E-state index contributed by atoms with van der Waals surface area (Å²) in [7, 11) is 0. The highest BCUT2D eigenvalue weighted by atomic mass is 16.5. The minimum absolute atomic E-state index is 0.00914. The van der Waals surface area contributed by atoms with Crippen molar-refractivity contribution >= 4 is 5.97 Å². The molecule has 0 bridgehead atoms. The zero-order valence-corrected chi connectivity index (χ0v) is 26.2. The van der Waals surface area contributed by atoms with Crippen LogP contribution in [0.25, 0.3) is 0 Å².